The third kappa shape index (κ3) is 2.79. The lowest BCUT2D eigenvalue weighted by molar-refractivity contribution is 0.646. The molecule has 2 rings (SSSR count). The molecule has 1 atom stereocenters. The first-order valence-electron chi connectivity index (χ1n) is 5.09. The van der Waals surface area contributed by atoms with Gasteiger partial charge in [-0.05, 0) is 18.6 Å². The molecule has 4 heteroatoms. The van der Waals surface area contributed by atoms with Crippen LogP contribution < -0.4 is 10.6 Å². The van der Waals surface area contributed by atoms with E-state index in [9.17, 15) is 0 Å². The molecule has 0 aromatic heterocycles. The maximum absolute atomic E-state index is 4.31. The number of thioether (sulfide) groups is 1. The fraction of sp³-hybridized carbons (Fsp3) is 0.889. The first kappa shape index (κ1) is 9.19. The van der Waals surface area contributed by atoms with Crippen LogP contribution in [0.1, 0.15) is 19.3 Å². The van der Waals surface area contributed by atoms with Crippen molar-refractivity contribution in [3.63, 3.8) is 0 Å². The summed E-state index contributed by atoms with van der Waals surface area (Å²) in [6.45, 7) is 3.01. The molecule has 13 heavy (non-hydrogen) atoms. The van der Waals surface area contributed by atoms with Gasteiger partial charge in [-0.25, -0.2) is 0 Å². The standard InChI is InChI=1S/C9H17N3S/c1-2-6-13-8(3-1)7-12-9-10-4-5-11-9/h8H,1-7H2,(H2,10,11,12). The van der Waals surface area contributed by atoms with E-state index in [0.29, 0.717) is 0 Å². The first-order chi connectivity index (χ1) is 6.45. The number of guanidine groups is 1. The van der Waals surface area contributed by atoms with Crippen LogP contribution in [0.3, 0.4) is 0 Å². The molecule has 2 heterocycles. The van der Waals surface area contributed by atoms with Gasteiger partial charge in [0.1, 0.15) is 0 Å². The van der Waals surface area contributed by atoms with Crippen molar-refractivity contribution in [3.8, 4) is 0 Å². The molecule has 2 N–H and O–H groups in total. The van der Waals surface area contributed by atoms with Crippen LogP contribution in [0.4, 0.5) is 0 Å². The van der Waals surface area contributed by atoms with E-state index in [4.69, 9.17) is 0 Å². The number of hydrogen-bond acceptors (Lipinski definition) is 4. The summed E-state index contributed by atoms with van der Waals surface area (Å²) >= 11 is 2.10. The SMILES string of the molecule is C1CCC(CNC2=NCCN2)SC1. The number of nitrogens with zero attached hydrogens (tertiary/aromatic N) is 1. The zero-order valence-corrected chi connectivity index (χ0v) is 8.70. The molecule has 0 amide bonds. The Bertz CT molecular complexity index is 187. The Kier molecular flexibility index (Phi) is 3.35. The summed E-state index contributed by atoms with van der Waals surface area (Å²) in [6.07, 6.45) is 4.17. The van der Waals surface area contributed by atoms with Crippen LogP contribution in [-0.2, 0) is 0 Å². The normalized spacial score (nSPS) is 28.0. The van der Waals surface area contributed by atoms with Crippen LogP contribution in [0, 0.1) is 0 Å². The van der Waals surface area contributed by atoms with Crippen LogP contribution in [0.15, 0.2) is 4.99 Å². The molecule has 1 saturated heterocycles. The van der Waals surface area contributed by atoms with Gasteiger partial charge in [0.2, 0.25) is 0 Å². The van der Waals surface area contributed by atoms with Crippen LogP contribution in [0.5, 0.6) is 0 Å². The summed E-state index contributed by atoms with van der Waals surface area (Å²) < 4.78 is 0. The largest absolute Gasteiger partial charge is 0.355 e. The molecule has 0 aromatic carbocycles. The molecule has 0 aliphatic carbocycles. The monoisotopic (exact) mass is 199 g/mol. The molecule has 74 valence electrons. The van der Waals surface area contributed by atoms with Gasteiger partial charge in [0.15, 0.2) is 5.96 Å². The van der Waals surface area contributed by atoms with Crippen molar-refractivity contribution >= 4 is 17.7 Å². The van der Waals surface area contributed by atoms with Gasteiger partial charge in [-0.15, -0.1) is 0 Å². The molecule has 0 radical (unpaired) electrons. The highest BCUT2D eigenvalue weighted by Crippen LogP contribution is 2.24. The van der Waals surface area contributed by atoms with Gasteiger partial charge in [0.05, 0.1) is 6.54 Å². The third-order valence-corrected chi connectivity index (χ3v) is 3.84. The lowest BCUT2D eigenvalue weighted by atomic mass is 10.2. The molecule has 2 aliphatic heterocycles. The summed E-state index contributed by atoms with van der Waals surface area (Å²) in [5.74, 6) is 2.35. The molecule has 0 saturated carbocycles. The average Bonchev–Trinajstić information content (AvgIpc) is 2.69. The van der Waals surface area contributed by atoms with Gasteiger partial charge < -0.3 is 10.6 Å². The molecule has 3 nitrogen and oxygen atoms in total. The highest BCUT2D eigenvalue weighted by atomic mass is 32.2. The van der Waals surface area contributed by atoms with E-state index >= 15 is 0 Å². The van der Waals surface area contributed by atoms with Gasteiger partial charge in [0, 0.05) is 18.3 Å². The fourth-order valence-corrected chi connectivity index (χ4v) is 2.93. The van der Waals surface area contributed by atoms with Crippen LogP contribution >= 0.6 is 11.8 Å². The van der Waals surface area contributed by atoms with Crippen molar-refractivity contribution in [1.82, 2.24) is 10.6 Å². The Morgan fingerprint density at radius 3 is 3.23 bits per heavy atom. The van der Waals surface area contributed by atoms with Crippen molar-refractivity contribution in [3.05, 3.63) is 0 Å². The Morgan fingerprint density at radius 1 is 1.54 bits per heavy atom. The first-order valence-corrected chi connectivity index (χ1v) is 6.14. The smallest absolute Gasteiger partial charge is 0.191 e. The van der Waals surface area contributed by atoms with E-state index in [2.05, 4.69) is 27.4 Å². The van der Waals surface area contributed by atoms with Gasteiger partial charge in [-0.3, -0.25) is 4.99 Å². The number of nitrogens with one attached hydrogen (secondary N) is 2. The maximum atomic E-state index is 4.31. The minimum Gasteiger partial charge on any atom is -0.355 e. The third-order valence-electron chi connectivity index (χ3n) is 2.45. The quantitative estimate of drug-likeness (QED) is 0.691. The number of aliphatic imine (C=N–C) groups is 1. The second kappa shape index (κ2) is 4.74. The molecule has 1 unspecified atom stereocenters. The predicted octanol–water partition coefficient (Wildman–Crippen LogP) is 0.821. The van der Waals surface area contributed by atoms with Gasteiger partial charge >= 0.3 is 0 Å². The molecule has 1 fully saturated rings. The van der Waals surface area contributed by atoms with E-state index in [1.54, 1.807) is 0 Å². The lowest BCUT2D eigenvalue weighted by Crippen LogP contribution is -2.38. The predicted molar refractivity (Wildman–Crippen MR) is 58.4 cm³/mol. The van der Waals surface area contributed by atoms with Gasteiger partial charge in [0.25, 0.3) is 0 Å². The number of rotatable bonds is 2. The van der Waals surface area contributed by atoms with Crippen LogP contribution in [0.25, 0.3) is 0 Å². The van der Waals surface area contributed by atoms with E-state index in [-0.39, 0.29) is 0 Å². The van der Waals surface area contributed by atoms with Crippen molar-refractivity contribution in [2.75, 3.05) is 25.4 Å². The molecular formula is C9H17N3S. The average molecular weight is 199 g/mol. The Morgan fingerprint density at radius 2 is 2.54 bits per heavy atom. The summed E-state index contributed by atoms with van der Waals surface area (Å²) in [6, 6.07) is 0. The zero-order valence-electron chi connectivity index (χ0n) is 7.88. The summed E-state index contributed by atoms with van der Waals surface area (Å²) in [7, 11) is 0. The van der Waals surface area contributed by atoms with E-state index < -0.39 is 0 Å². The zero-order chi connectivity index (χ0) is 8.93. The van der Waals surface area contributed by atoms with Crippen LogP contribution in [0.2, 0.25) is 0 Å². The molecule has 0 aromatic rings. The minimum atomic E-state index is 0.804. The maximum Gasteiger partial charge on any atom is 0.191 e. The minimum absolute atomic E-state index is 0.804. The van der Waals surface area contributed by atoms with Crippen LogP contribution in [-0.4, -0.2) is 36.6 Å². The Labute approximate surface area is 83.8 Å². The highest BCUT2D eigenvalue weighted by molar-refractivity contribution is 7.99. The topological polar surface area (TPSA) is 36.4 Å². The summed E-state index contributed by atoms with van der Waals surface area (Å²) in [4.78, 5) is 4.31. The number of hydrogen-bond donors (Lipinski definition) is 2. The lowest BCUT2D eigenvalue weighted by Gasteiger charge is -2.21. The van der Waals surface area contributed by atoms with Crippen molar-refractivity contribution in [1.29, 1.82) is 0 Å². The van der Waals surface area contributed by atoms with Crippen molar-refractivity contribution in [2.24, 2.45) is 4.99 Å². The second-order valence-corrected chi connectivity index (χ2v) is 4.93. The van der Waals surface area contributed by atoms with Crippen molar-refractivity contribution in [2.45, 2.75) is 24.5 Å². The van der Waals surface area contributed by atoms with Gasteiger partial charge in [-0.2, -0.15) is 11.8 Å². The van der Waals surface area contributed by atoms with E-state index in [1.165, 1.54) is 25.0 Å². The van der Waals surface area contributed by atoms with Gasteiger partial charge in [-0.1, -0.05) is 6.42 Å². The Hall–Kier alpha value is -0.380. The van der Waals surface area contributed by atoms with Crippen molar-refractivity contribution < 1.29 is 0 Å². The Balaban J connectivity index is 1.66. The highest BCUT2D eigenvalue weighted by Gasteiger charge is 2.14. The van der Waals surface area contributed by atoms with E-state index in [0.717, 1.165) is 30.8 Å². The summed E-state index contributed by atoms with van der Waals surface area (Å²) in [5, 5.41) is 7.40. The fourth-order valence-electron chi connectivity index (χ4n) is 1.70. The van der Waals surface area contributed by atoms with E-state index in [1.807, 2.05) is 0 Å². The molecule has 2 aliphatic rings. The molecular weight excluding hydrogens is 182 g/mol. The molecule has 0 bridgehead atoms. The second-order valence-electron chi connectivity index (χ2n) is 3.53. The summed E-state index contributed by atoms with van der Waals surface area (Å²) in [5.41, 5.74) is 0. The molecule has 0 spiro atoms.